The molecule has 11 nitrogen and oxygen atoms in total. The molecule has 4 atom stereocenters. The van der Waals surface area contributed by atoms with E-state index in [1.807, 2.05) is 0 Å². The molecule has 1 aromatic carbocycles. The Morgan fingerprint density at radius 2 is 1.90 bits per heavy atom. The first-order valence-electron chi connectivity index (χ1n) is 8.76. The number of esters is 1. The summed E-state index contributed by atoms with van der Waals surface area (Å²) < 4.78 is 50.5. The minimum atomic E-state index is -3.79. The van der Waals surface area contributed by atoms with Gasteiger partial charge in [-0.3, -0.25) is 14.3 Å². The average molecular weight is 431 g/mol. The molecule has 2 fully saturated rings. The quantitative estimate of drug-likeness (QED) is 0.269. The topological polar surface area (TPSA) is 140 Å². The highest BCUT2D eigenvalue weighted by Crippen LogP contribution is 2.40. The molecule has 0 saturated carbocycles. The summed E-state index contributed by atoms with van der Waals surface area (Å²) >= 11 is 0. The fourth-order valence-corrected chi connectivity index (χ4v) is 3.80. The van der Waals surface area contributed by atoms with Crippen LogP contribution in [0, 0.1) is 10.1 Å². The lowest BCUT2D eigenvalue weighted by atomic mass is 10.1. The maximum atomic E-state index is 12.1. The van der Waals surface area contributed by atoms with Gasteiger partial charge in [0.2, 0.25) is 0 Å². The van der Waals surface area contributed by atoms with Gasteiger partial charge in [-0.15, -0.1) is 0 Å². The lowest BCUT2D eigenvalue weighted by Gasteiger charge is -2.25. The van der Waals surface area contributed by atoms with Crippen LogP contribution < -0.4 is 0 Å². The number of benzene rings is 1. The van der Waals surface area contributed by atoms with E-state index in [2.05, 4.69) is 0 Å². The maximum Gasteiger partial charge on any atom is 0.338 e. The highest BCUT2D eigenvalue weighted by Gasteiger charge is 2.56. The number of hydrogen-bond donors (Lipinski definition) is 0. The van der Waals surface area contributed by atoms with Gasteiger partial charge in [0.05, 0.1) is 29.5 Å². The smallest absolute Gasteiger partial charge is 0.338 e. The first-order chi connectivity index (χ1) is 13.5. The molecule has 3 rings (SSSR count). The molecular weight excluding hydrogens is 410 g/mol. The number of nitro groups is 1. The molecule has 0 bridgehead atoms. The number of non-ortho nitro benzene ring substituents is 1. The molecule has 2 saturated heterocycles. The predicted octanol–water partition coefficient (Wildman–Crippen LogP) is 1.36. The van der Waals surface area contributed by atoms with E-state index in [1.165, 1.54) is 24.3 Å². The summed E-state index contributed by atoms with van der Waals surface area (Å²) in [4.78, 5) is 22.2. The molecule has 4 unspecified atom stereocenters. The van der Waals surface area contributed by atoms with Gasteiger partial charge in [-0.05, 0) is 26.0 Å². The van der Waals surface area contributed by atoms with Crippen molar-refractivity contribution in [3.8, 4) is 0 Å². The second kappa shape index (κ2) is 7.95. The largest absolute Gasteiger partial charge is 0.462 e. The number of fused-ring (bicyclic) bond motifs is 1. The number of nitrogens with zero attached hydrogens (tertiary/aromatic N) is 1. The molecule has 2 heterocycles. The van der Waals surface area contributed by atoms with Crippen LogP contribution in [0.25, 0.3) is 0 Å². The van der Waals surface area contributed by atoms with Gasteiger partial charge in [-0.25, -0.2) is 4.79 Å². The molecule has 0 amide bonds. The minimum absolute atomic E-state index is 0.0903. The standard InChI is InChI=1S/C17H21NO10S/c1-17(2)26-14-13(28-29(3,22)23)12(25-16(14)27-17)8-9-24-15(19)10-4-6-11(7-5-10)18(20)21/h4-7,12-14,16H,8-9H2,1-3H3. The van der Waals surface area contributed by atoms with Crippen molar-refractivity contribution in [2.75, 3.05) is 12.9 Å². The van der Waals surface area contributed by atoms with E-state index in [1.54, 1.807) is 13.8 Å². The van der Waals surface area contributed by atoms with Crippen molar-refractivity contribution in [2.24, 2.45) is 0 Å². The molecule has 2 aliphatic rings. The van der Waals surface area contributed by atoms with Crippen LogP contribution in [-0.2, 0) is 33.2 Å². The SMILES string of the molecule is CC1(C)OC2OC(CCOC(=O)c3ccc([N+](=O)[O-])cc3)C(OS(C)(=O)=O)C2O1. The van der Waals surface area contributed by atoms with E-state index in [0.29, 0.717) is 0 Å². The second-order valence-corrected chi connectivity index (χ2v) is 8.74. The zero-order valence-corrected chi connectivity index (χ0v) is 16.8. The first kappa shape index (κ1) is 21.6. The number of nitro benzene ring substituents is 1. The van der Waals surface area contributed by atoms with Crippen LogP contribution in [0.5, 0.6) is 0 Å². The van der Waals surface area contributed by atoms with Crippen LogP contribution in [-0.4, -0.2) is 62.6 Å². The highest BCUT2D eigenvalue weighted by atomic mass is 32.2. The molecule has 0 spiro atoms. The normalized spacial score (nSPS) is 28.1. The molecule has 0 aliphatic carbocycles. The lowest BCUT2D eigenvalue weighted by Crippen LogP contribution is -2.38. The van der Waals surface area contributed by atoms with Crippen LogP contribution in [0.3, 0.4) is 0 Å². The maximum absolute atomic E-state index is 12.1. The summed E-state index contributed by atoms with van der Waals surface area (Å²) in [5, 5.41) is 10.7. The van der Waals surface area contributed by atoms with Crippen LogP contribution >= 0.6 is 0 Å². The Morgan fingerprint density at radius 3 is 2.48 bits per heavy atom. The molecular formula is C17H21NO10S. The van der Waals surface area contributed by atoms with Crippen molar-refractivity contribution in [1.82, 2.24) is 0 Å². The van der Waals surface area contributed by atoms with Gasteiger partial charge in [-0.1, -0.05) is 0 Å². The number of rotatable bonds is 7. The van der Waals surface area contributed by atoms with Crippen molar-refractivity contribution >= 4 is 21.8 Å². The van der Waals surface area contributed by atoms with Crippen molar-refractivity contribution in [3.05, 3.63) is 39.9 Å². The Labute approximate surface area is 167 Å². The predicted molar refractivity (Wildman–Crippen MR) is 96.4 cm³/mol. The highest BCUT2D eigenvalue weighted by molar-refractivity contribution is 7.86. The second-order valence-electron chi connectivity index (χ2n) is 7.14. The third-order valence-electron chi connectivity index (χ3n) is 4.32. The fourth-order valence-electron chi connectivity index (χ4n) is 3.17. The lowest BCUT2D eigenvalue weighted by molar-refractivity contribution is -0.384. The van der Waals surface area contributed by atoms with Crippen LogP contribution in [0.2, 0.25) is 0 Å². The molecule has 29 heavy (non-hydrogen) atoms. The molecule has 1 aromatic rings. The Bertz CT molecular complexity index is 882. The van der Waals surface area contributed by atoms with E-state index in [-0.39, 0.29) is 24.3 Å². The number of hydrogen-bond acceptors (Lipinski definition) is 10. The van der Waals surface area contributed by atoms with Crippen molar-refractivity contribution in [1.29, 1.82) is 0 Å². The molecule has 0 aromatic heterocycles. The zero-order chi connectivity index (χ0) is 21.4. The fraction of sp³-hybridized carbons (Fsp3) is 0.588. The average Bonchev–Trinajstić information content (AvgIpc) is 3.06. The van der Waals surface area contributed by atoms with E-state index in [0.717, 1.165) is 6.26 Å². The van der Waals surface area contributed by atoms with E-state index in [4.69, 9.17) is 23.1 Å². The Kier molecular flexibility index (Phi) is 5.92. The van der Waals surface area contributed by atoms with Crippen molar-refractivity contribution in [2.45, 2.75) is 50.7 Å². The van der Waals surface area contributed by atoms with Crippen LogP contribution in [0.1, 0.15) is 30.6 Å². The van der Waals surface area contributed by atoms with E-state index >= 15 is 0 Å². The monoisotopic (exact) mass is 431 g/mol. The van der Waals surface area contributed by atoms with Gasteiger partial charge in [0.1, 0.15) is 12.2 Å². The summed E-state index contributed by atoms with van der Waals surface area (Å²) in [5.74, 6) is -1.62. The van der Waals surface area contributed by atoms with Crippen molar-refractivity contribution < 1.29 is 41.3 Å². The summed E-state index contributed by atoms with van der Waals surface area (Å²) in [5.41, 5.74) is 0.00768. The van der Waals surface area contributed by atoms with E-state index < -0.39 is 51.4 Å². The Hall–Kier alpha value is -2.12. The summed E-state index contributed by atoms with van der Waals surface area (Å²) in [7, 11) is -3.79. The summed E-state index contributed by atoms with van der Waals surface area (Å²) in [6.45, 7) is 3.26. The number of carbonyl (C=O) groups is 1. The molecule has 0 N–H and O–H groups in total. The van der Waals surface area contributed by atoms with Crippen molar-refractivity contribution in [3.63, 3.8) is 0 Å². The van der Waals surface area contributed by atoms with Gasteiger partial charge in [0.15, 0.2) is 12.1 Å². The van der Waals surface area contributed by atoms with Crippen LogP contribution in [0.15, 0.2) is 24.3 Å². The van der Waals surface area contributed by atoms with Crippen LogP contribution in [0.4, 0.5) is 5.69 Å². The Morgan fingerprint density at radius 1 is 1.24 bits per heavy atom. The molecule has 160 valence electrons. The van der Waals surface area contributed by atoms with Gasteiger partial charge >= 0.3 is 5.97 Å². The number of ether oxygens (including phenoxy) is 4. The van der Waals surface area contributed by atoms with Gasteiger partial charge < -0.3 is 18.9 Å². The van der Waals surface area contributed by atoms with Gasteiger partial charge in [0, 0.05) is 18.6 Å². The van der Waals surface area contributed by atoms with Gasteiger partial charge in [0.25, 0.3) is 15.8 Å². The first-order valence-corrected chi connectivity index (χ1v) is 10.6. The third-order valence-corrected chi connectivity index (χ3v) is 4.89. The molecule has 12 heteroatoms. The Balaban J connectivity index is 1.59. The minimum Gasteiger partial charge on any atom is -0.462 e. The third kappa shape index (κ3) is 5.28. The van der Waals surface area contributed by atoms with Gasteiger partial charge in [-0.2, -0.15) is 8.42 Å². The number of carbonyl (C=O) groups excluding carboxylic acids is 1. The van der Waals surface area contributed by atoms with E-state index in [9.17, 15) is 23.3 Å². The molecule has 2 aliphatic heterocycles. The molecule has 0 radical (unpaired) electrons. The summed E-state index contributed by atoms with van der Waals surface area (Å²) in [6.07, 6.45) is -2.16. The zero-order valence-electron chi connectivity index (χ0n) is 16.0. The summed E-state index contributed by atoms with van der Waals surface area (Å²) in [6, 6.07) is 4.97.